The van der Waals surface area contributed by atoms with Gasteiger partial charge in [0.05, 0.1) is 0 Å². The number of hydrogen-bond acceptors (Lipinski definition) is 3. The molecule has 3 rings (SSSR count). The minimum atomic E-state index is -0.288. The third-order valence-corrected chi connectivity index (χ3v) is 4.20. The molecule has 2 amide bonds. The summed E-state index contributed by atoms with van der Waals surface area (Å²) in [5.41, 5.74) is 3.22. The Labute approximate surface area is 164 Å². The van der Waals surface area contributed by atoms with Crippen LogP contribution < -0.4 is 15.4 Å². The predicted octanol–water partition coefficient (Wildman–Crippen LogP) is 3.65. The molecule has 0 saturated heterocycles. The van der Waals surface area contributed by atoms with Crippen LogP contribution in [-0.4, -0.2) is 25.5 Å². The first-order valence-electron chi connectivity index (χ1n) is 9.02. The number of carbonyl (C=O) groups is 2. The second-order valence-electron chi connectivity index (χ2n) is 6.27. The smallest absolute Gasteiger partial charge is 0.262 e. The molecule has 0 bridgehead atoms. The van der Waals surface area contributed by atoms with E-state index in [0.29, 0.717) is 17.0 Å². The molecule has 2 N–H and O–H groups in total. The summed E-state index contributed by atoms with van der Waals surface area (Å²) in [6.07, 6.45) is 0.729. The van der Waals surface area contributed by atoms with Gasteiger partial charge in [-0.3, -0.25) is 9.59 Å². The number of rotatable bonds is 7. The maximum absolute atomic E-state index is 12.3. The molecular weight excluding hydrogens is 352 g/mol. The first kappa shape index (κ1) is 19.2. The maximum atomic E-state index is 12.3. The molecule has 28 heavy (non-hydrogen) atoms. The number of benzene rings is 3. The van der Waals surface area contributed by atoms with Gasteiger partial charge in [0.25, 0.3) is 11.8 Å². The zero-order chi connectivity index (χ0) is 19.8. The highest BCUT2D eigenvalue weighted by Crippen LogP contribution is 2.21. The van der Waals surface area contributed by atoms with E-state index in [-0.39, 0.29) is 18.4 Å². The number of amides is 2. The van der Waals surface area contributed by atoms with Gasteiger partial charge in [0.15, 0.2) is 6.61 Å². The third kappa shape index (κ3) is 5.20. The zero-order valence-electron chi connectivity index (χ0n) is 15.6. The minimum Gasteiger partial charge on any atom is -0.483 e. The van der Waals surface area contributed by atoms with E-state index in [1.165, 1.54) is 5.56 Å². The van der Waals surface area contributed by atoms with Crippen LogP contribution in [0.15, 0.2) is 78.9 Å². The van der Waals surface area contributed by atoms with E-state index in [0.717, 1.165) is 12.0 Å². The third-order valence-electron chi connectivity index (χ3n) is 4.20. The number of para-hydroxylation sites is 1. The Hall–Kier alpha value is -3.60. The van der Waals surface area contributed by atoms with Gasteiger partial charge in [0.1, 0.15) is 5.75 Å². The highest BCUT2D eigenvalue weighted by Gasteiger charge is 2.09. The van der Waals surface area contributed by atoms with Gasteiger partial charge in [0, 0.05) is 24.7 Å². The van der Waals surface area contributed by atoms with E-state index in [9.17, 15) is 9.59 Å². The molecule has 0 atom stereocenters. The average Bonchev–Trinajstić information content (AvgIpc) is 2.73. The van der Waals surface area contributed by atoms with E-state index >= 15 is 0 Å². The van der Waals surface area contributed by atoms with Gasteiger partial charge < -0.3 is 15.4 Å². The largest absolute Gasteiger partial charge is 0.483 e. The van der Waals surface area contributed by atoms with E-state index in [1.807, 2.05) is 42.5 Å². The number of anilines is 1. The highest BCUT2D eigenvalue weighted by molar-refractivity contribution is 5.97. The zero-order valence-corrected chi connectivity index (χ0v) is 15.6. The molecule has 0 radical (unpaired) electrons. The van der Waals surface area contributed by atoms with Crippen LogP contribution in [0, 0.1) is 0 Å². The summed E-state index contributed by atoms with van der Waals surface area (Å²) < 4.78 is 5.75. The quantitative estimate of drug-likeness (QED) is 0.663. The summed E-state index contributed by atoms with van der Waals surface area (Å²) in [4.78, 5) is 24.0. The number of nitrogens with one attached hydrogen (secondary N) is 2. The summed E-state index contributed by atoms with van der Waals surface area (Å²) in [6.45, 7) is -0.115. The highest BCUT2D eigenvalue weighted by atomic mass is 16.5. The van der Waals surface area contributed by atoms with Crippen molar-refractivity contribution in [1.29, 1.82) is 0 Å². The van der Waals surface area contributed by atoms with Crippen LogP contribution in [0.5, 0.6) is 5.75 Å². The first-order chi connectivity index (χ1) is 13.7. The van der Waals surface area contributed by atoms with E-state index in [2.05, 4.69) is 22.8 Å². The van der Waals surface area contributed by atoms with Crippen molar-refractivity contribution in [2.24, 2.45) is 0 Å². The van der Waals surface area contributed by atoms with Crippen molar-refractivity contribution < 1.29 is 14.3 Å². The molecule has 0 saturated carbocycles. The molecule has 0 unspecified atom stereocenters. The van der Waals surface area contributed by atoms with Crippen molar-refractivity contribution in [3.63, 3.8) is 0 Å². The standard InChI is InChI=1S/C23H22N2O3/c1-24-23(27)19-11-7-12-20(15-19)25-22(26)16-28-21-13-6-5-10-18(21)14-17-8-3-2-4-9-17/h2-13,15H,14,16H2,1H3,(H,24,27)(H,25,26). The minimum absolute atomic E-state index is 0.115. The lowest BCUT2D eigenvalue weighted by Crippen LogP contribution is -2.21. The topological polar surface area (TPSA) is 67.4 Å². The molecule has 0 aliphatic carbocycles. The Morgan fingerprint density at radius 1 is 0.893 bits per heavy atom. The van der Waals surface area contributed by atoms with Gasteiger partial charge in [-0.05, 0) is 35.4 Å². The fourth-order valence-corrected chi connectivity index (χ4v) is 2.83. The lowest BCUT2D eigenvalue weighted by molar-refractivity contribution is -0.118. The van der Waals surface area contributed by atoms with Crippen molar-refractivity contribution in [2.45, 2.75) is 6.42 Å². The van der Waals surface area contributed by atoms with Crippen molar-refractivity contribution in [3.05, 3.63) is 95.6 Å². The Morgan fingerprint density at radius 3 is 2.43 bits per heavy atom. The van der Waals surface area contributed by atoms with Gasteiger partial charge in [-0.25, -0.2) is 0 Å². The Bertz CT molecular complexity index is 955. The van der Waals surface area contributed by atoms with Gasteiger partial charge in [-0.1, -0.05) is 54.6 Å². The Morgan fingerprint density at radius 2 is 1.64 bits per heavy atom. The van der Waals surface area contributed by atoms with Crippen LogP contribution in [0.3, 0.4) is 0 Å². The van der Waals surface area contributed by atoms with E-state index in [1.54, 1.807) is 31.3 Å². The van der Waals surface area contributed by atoms with E-state index in [4.69, 9.17) is 4.74 Å². The SMILES string of the molecule is CNC(=O)c1cccc(NC(=O)COc2ccccc2Cc2ccccc2)c1. The molecule has 5 heteroatoms. The molecule has 0 aromatic heterocycles. The molecule has 142 valence electrons. The van der Waals surface area contributed by atoms with E-state index < -0.39 is 0 Å². The average molecular weight is 374 g/mol. The summed E-state index contributed by atoms with van der Waals surface area (Å²) >= 11 is 0. The van der Waals surface area contributed by atoms with Crippen molar-refractivity contribution in [1.82, 2.24) is 5.32 Å². The Balaban J connectivity index is 1.62. The van der Waals surface area contributed by atoms with Gasteiger partial charge in [-0.15, -0.1) is 0 Å². The summed E-state index contributed by atoms with van der Waals surface area (Å²) in [5.74, 6) is 0.186. The number of carbonyl (C=O) groups excluding carboxylic acids is 2. The molecule has 3 aromatic rings. The molecule has 0 heterocycles. The first-order valence-corrected chi connectivity index (χ1v) is 9.02. The lowest BCUT2D eigenvalue weighted by atomic mass is 10.0. The summed E-state index contributed by atoms with van der Waals surface area (Å²) in [7, 11) is 1.56. The fraction of sp³-hybridized carbons (Fsp3) is 0.130. The summed E-state index contributed by atoms with van der Waals surface area (Å²) in [5, 5.41) is 5.32. The fourth-order valence-electron chi connectivity index (χ4n) is 2.83. The van der Waals surface area contributed by atoms with Crippen LogP contribution in [-0.2, 0) is 11.2 Å². The molecule has 3 aromatic carbocycles. The monoisotopic (exact) mass is 374 g/mol. The molecule has 0 aliphatic rings. The molecule has 0 spiro atoms. The van der Waals surface area contributed by atoms with Gasteiger partial charge in [0.2, 0.25) is 0 Å². The van der Waals surface area contributed by atoms with Crippen LogP contribution in [0.4, 0.5) is 5.69 Å². The van der Waals surface area contributed by atoms with Crippen molar-refractivity contribution in [2.75, 3.05) is 19.0 Å². The Kier molecular flexibility index (Phi) is 6.41. The normalized spacial score (nSPS) is 10.2. The molecular formula is C23H22N2O3. The second kappa shape index (κ2) is 9.37. The van der Waals surface area contributed by atoms with Crippen molar-refractivity contribution >= 4 is 17.5 Å². The second-order valence-corrected chi connectivity index (χ2v) is 6.27. The number of hydrogen-bond donors (Lipinski definition) is 2. The van der Waals surface area contributed by atoms with Crippen LogP contribution in [0.2, 0.25) is 0 Å². The predicted molar refractivity (Wildman–Crippen MR) is 110 cm³/mol. The molecule has 5 nitrogen and oxygen atoms in total. The molecule has 0 fully saturated rings. The van der Waals surface area contributed by atoms with Crippen molar-refractivity contribution in [3.8, 4) is 5.75 Å². The number of ether oxygens (including phenoxy) is 1. The maximum Gasteiger partial charge on any atom is 0.262 e. The lowest BCUT2D eigenvalue weighted by Gasteiger charge is -2.12. The molecule has 0 aliphatic heterocycles. The summed E-state index contributed by atoms with van der Waals surface area (Å²) in [6, 6.07) is 24.5. The van der Waals surface area contributed by atoms with Gasteiger partial charge in [-0.2, -0.15) is 0 Å². The van der Waals surface area contributed by atoms with Crippen LogP contribution in [0.25, 0.3) is 0 Å². The van der Waals surface area contributed by atoms with Crippen LogP contribution in [0.1, 0.15) is 21.5 Å². The van der Waals surface area contributed by atoms with Gasteiger partial charge >= 0.3 is 0 Å². The van der Waals surface area contributed by atoms with Crippen LogP contribution >= 0.6 is 0 Å².